The summed E-state index contributed by atoms with van der Waals surface area (Å²) in [6.45, 7) is 0. The smallest absolute Gasteiger partial charge is 0.289 e. The predicted octanol–water partition coefficient (Wildman–Crippen LogP) is 3.00. The Labute approximate surface area is 162 Å². The molecule has 3 rings (SSSR count). The van der Waals surface area contributed by atoms with E-state index >= 15 is 0 Å². The fourth-order valence-corrected chi connectivity index (χ4v) is 3.48. The SMILES string of the molecule is O=C(NS(=O)(=O)c1ccc(Cl)cc1)c1nc2cc(Cl)c(Cl)cc2[nH]c1=O. The standard InChI is InChI=1S/C15H8Cl3N3O4S/c16-7-1-3-8(4-2-7)26(24,25)21-15(23)13-14(22)20-12-6-10(18)9(17)5-11(12)19-13/h1-6H,(H,20,22)(H,21,23). The van der Waals surface area contributed by atoms with Crippen molar-refractivity contribution in [3.63, 3.8) is 0 Å². The van der Waals surface area contributed by atoms with Gasteiger partial charge in [-0.25, -0.2) is 18.1 Å². The molecule has 0 saturated heterocycles. The van der Waals surface area contributed by atoms with Crippen LogP contribution in [0.3, 0.4) is 0 Å². The summed E-state index contributed by atoms with van der Waals surface area (Å²) >= 11 is 17.5. The predicted molar refractivity (Wildman–Crippen MR) is 98.5 cm³/mol. The molecular weight excluding hydrogens is 425 g/mol. The van der Waals surface area contributed by atoms with Crippen LogP contribution in [0.5, 0.6) is 0 Å². The van der Waals surface area contributed by atoms with Crippen molar-refractivity contribution in [1.82, 2.24) is 14.7 Å². The molecule has 0 spiro atoms. The van der Waals surface area contributed by atoms with Crippen LogP contribution < -0.4 is 10.3 Å². The number of sulfonamides is 1. The number of benzene rings is 2. The molecule has 0 radical (unpaired) electrons. The van der Waals surface area contributed by atoms with Gasteiger partial charge in [0.25, 0.3) is 21.5 Å². The van der Waals surface area contributed by atoms with Gasteiger partial charge >= 0.3 is 0 Å². The van der Waals surface area contributed by atoms with E-state index in [1.165, 1.54) is 36.4 Å². The molecule has 0 bridgehead atoms. The third kappa shape index (κ3) is 3.68. The third-order valence-electron chi connectivity index (χ3n) is 3.30. The van der Waals surface area contributed by atoms with E-state index < -0.39 is 27.2 Å². The molecule has 0 unspecified atom stereocenters. The molecule has 1 heterocycles. The molecule has 1 amide bonds. The first-order chi connectivity index (χ1) is 12.2. The van der Waals surface area contributed by atoms with Crippen LogP contribution in [0.4, 0.5) is 0 Å². The number of carbonyl (C=O) groups excluding carboxylic acids is 1. The van der Waals surface area contributed by atoms with Crippen molar-refractivity contribution in [1.29, 1.82) is 0 Å². The van der Waals surface area contributed by atoms with E-state index in [9.17, 15) is 18.0 Å². The van der Waals surface area contributed by atoms with Crippen LogP contribution in [0.1, 0.15) is 10.5 Å². The first kappa shape index (κ1) is 18.7. The van der Waals surface area contributed by atoms with E-state index in [1.807, 2.05) is 0 Å². The number of halogens is 3. The van der Waals surface area contributed by atoms with Crippen LogP contribution in [0, 0.1) is 0 Å². The van der Waals surface area contributed by atoms with E-state index in [2.05, 4.69) is 9.97 Å². The number of fused-ring (bicyclic) bond motifs is 1. The van der Waals surface area contributed by atoms with Crippen molar-refractivity contribution in [3.05, 3.63) is 67.5 Å². The molecule has 0 saturated carbocycles. The summed E-state index contributed by atoms with van der Waals surface area (Å²) in [4.78, 5) is 30.4. The largest absolute Gasteiger partial charge is 0.319 e. The molecule has 0 fully saturated rings. The summed E-state index contributed by atoms with van der Waals surface area (Å²) < 4.78 is 26.3. The number of H-pyrrole nitrogens is 1. The van der Waals surface area contributed by atoms with Gasteiger partial charge in [0.15, 0.2) is 5.69 Å². The summed E-state index contributed by atoms with van der Waals surface area (Å²) in [6.07, 6.45) is 0. The minimum atomic E-state index is -4.21. The average molecular weight is 433 g/mol. The van der Waals surface area contributed by atoms with Crippen LogP contribution in [-0.2, 0) is 10.0 Å². The molecule has 2 N–H and O–H groups in total. The van der Waals surface area contributed by atoms with Gasteiger partial charge in [0.05, 0.1) is 26.0 Å². The quantitative estimate of drug-likeness (QED) is 0.661. The van der Waals surface area contributed by atoms with Crippen LogP contribution in [0.25, 0.3) is 11.0 Å². The van der Waals surface area contributed by atoms with E-state index in [1.54, 1.807) is 4.72 Å². The maximum absolute atomic E-state index is 12.3. The second kappa shape index (κ2) is 6.88. The second-order valence-corrected chi connectivity index (χ2v) is 8.02. The molecule has 11 heteroatoms. The van der Waals surface area contributed by atoms with Gasteiger partial charge in [-0.1, -0.05) is 34.8 Å². The number of hydrogen-bond donors (Lipinski definition) is 2. The number of carbonyl (C=O) groups is 1. The van der Waals surface area contributed by atoms with Gasteiger partial charge in [-0.2, -0.15) is 0 Å². The first-order valence-electron chi connectivity index (χ1n) is 6.89. The number of amides is 1. The van der Waals surface area contributed by atoms with E-state index in [0.717, 1.165) is 0 Å². The number of nitrogens with zero attached hydrogens (tertiary/aromatic N) is 1. The Hall–Kier alpha value is -2.13. The Morgan fingerprint density at radius 2 is 1.65 bits per heavy atom. The molecule has 7 nitrogen and oxygen atoms in total. The average Bonchev–Trinajstić information content (AvgIpc) is 2.56. The Morgan fingerprint density at radius 1 is 1.04 bits per heavy atom. The zero-order valence-corrected chi connectivity index (χ0v) is 15.7. The van der Waals surface area contributed by atoms with Crippen molar-refractivity contribution in [2.45, 2.75) is 4.90 Å². The Morgan fingerprint density at radius 3 is 2.31 bits per heavy atom. The van der Waals surface area contributed by atoms with Gasteiger partial charge in [0.1, 0.15) is 0 Å². The fourth-order valence-electron chi connectivity index (χ4n) is 2.08. The lowest BCUT2D eigenvalue weighted by molar-refractivity contribution is 0.0975. The van der Waals surface area contributed by atoms with E-state index in [0.29, 0.717) is 5.02 Å². The lowest BCUT2D eigenvalue weighted by atomic mass is 10.3. The maximum atomic E-state index is 12.3. The third-order valence-corrected chi connectivity index (χ3v) is 5.62. The molecule has 0 aliphatic carbocycles. The lowest BCUT2D eigenvalue weighted by Gasteiger charge is -2.07. The zero-order valence-electron chi connectivity index (χ0n) is 12.6. The van der Waals surface area contributed by atoms with Crippen LogP contribution >= 0.6 is 34.8 Å². The number of nitrogens with one attached hydrogen (secondary N) is 2. The highest BCUT2D eigenvalue weighted by molar-refractivity contribution is 7.90. The van der Waals surface area contributed by atoms with Gasteiger partial charge in [-0.05, 0) is 36.4 Å². The molecule has 0 aliphatic heterocycles. The molecule has 3 aromatic rings. The Balaban J connectivity index is 1.99. The number of aromatic amines is 1. The van der Waals surface area contributed by atoms with Crippen molar-refractivity contribution >= 4 is 61.8 Å². The minimum absolute atomic E-state index is 0.166. The summed E-state index contributed by atoms with van der Waals surface area (Å²) in [5, 5.41) is 0.691. The lowest BCUT2D eigenvalue weighted by Crippen LogP contribution is -2.35. The Bertz CT molecular complexity index is 1190. The van der Waals surface area contributed by atoms with Gasteiger partial charge < -0.3 is 4.98 Å². The highest BCUT2D eigenvalue weighted by atomic mass is 35.5. The van der Waals surface area contributed by atoms with E-state index in [4.69, 9.17) is 34.8 Å². The number of hydrogen-bond acceptors (Lipinski definition) is 5. The van der Waals surface area contributed by atoms with Crippen molar-refractivity contribution in [2.24, 2.45) is 0 Å². The molecule has 1 aromatic heterocycles. The van der Waals surface area contributed by atoms with Crippen LogP contribution in [-0.4, -0.2) is 24.3 Å². The van der Waals surface area contributed by atoms with Crippen molar-refractivity contribution < 1.29 is 13.2 Å². The molecule has 0 aliphatic rings. The van der Waals surface area contributed by atoms with Crippen molar-refractivity contribution in [3.8, 4) is 0 Å². The monoisotopic (exact) mass is 431 g/mol. The highest BCUT2D eigenvalue weighted by Crippen LogP contribution is 2.25. The first-order valence-corrected chi connectivity index (χ1v) is 9.51. The second-order valence-electron chi connectivity index (χ2n) is 5.09. The maximum Gasteiger partial charge on any atom is 0.289 e. The van der Waals surface area contributed by atoms with Gasteiger partial charge in [0, 0.05) is 5.02 Å². The van der Waals surface area contributed by atoms with Gasteiger partial charge in [-0.15, -0.1) is 0 Å². The number of rotatable bonds is 3. The topological polar surface area (TPSA) is 109 Å². The zero-order chi connectivity index (χ0) is 19.1. The van der Waals surface area contributed by atoms with Crippen LogP contribution in [0.2, 0.25) is 15.1 Å². The van der Waals surface area contributed by atoms with Crippen LogP contribution in [0.15, 0.2) is 46.1 Å². The van der Waals surface area contributed by atoms with Gasteiger partial charge in [-0.3, -0.25) is 9.59 Å². The summed E-state index contributed by atoms with van der Waals surface area (Å²) in [5.41, 5.74) is -1.08. The normalized spacial score (nSPS) is 11.5. The highest BCUT2D eigenvalue weighted by Gasteiger charge is 2.22. The summed E-state index contributed by atoms with van der Waals surface area (Å²) in [5.74, 6) is -1.19. The van der Waals surface area contributed by atoms with Gasteiger partial charge in [0.2, 0.25) is 0 Å². The molecule has 26 heavy (non-hydrogen) atoms. The summed E-state index contributed by atoms with van der Waals surface area (Å²) in [7, 11) is -4.21. The van der Waals surface area contributed by atoms with Crippen molar-refractivity contribution in [2.75, 3.05) is 0 Å². The minimum Gasteiger partial charge on any atom is -0.319 e. The number of aromatic nitrogens is 2. The summed E-state index contributed by atoms with van der Waals surface area (Å²) in [6, 6.07) is 7.87. The van der Waals surface area contributed by atoms with E-state index in [-0.39, 0.29) is 26.0 Å². The Kier molecular flexibility index (Phi) is 4.94. The molecule has 2 aromatic carbocycles. The fraction of sp³-hybridized carbons (Fsp3) is 0. The molecular formula is C15H8Cl3N3O4S. The molecule has 134 valence electrons. The molecule has 0 atom stereocenters.